The molecule has 186 valence electrons. The summed E-state index contributed by atoms with van der Waals surface area (Å²) < 4.78 is 6.12. The fourth-order valence-electron chi connectivity index (χ4n) is 3.78. The van der Waals surface area contributed by atoms with E-state index in [0.29, 0.717) is 11.9 Å². The maximum absolute atomic E-state index is 6.12. The molecule has 2 aromatic carbocycles. The second-order valence-electron chi connectivity index (χ2n) is 8.54. The van der Waals surface area contributed by atoms with E-state index in [4.69, 9.17) is 15.9 Å². The van der Waals surface area contributed by atoms with Gasteiger partial charge in [-0.1, -0.05) is 27.7 Å². The second kappa shape index (κ2) is 12.6. The molecule has 35 heavy (non-hydrogen) atoms. The molecule has 0 aliphatic carbocycles. The number of benzene rings is 2. The van der Waals surface area contributed by atoms with Crippen LogP contribution in [0, 0.1) is 0 Å². The van der Waals surface area contributed by atoms with Gasteiger partial charge in [0.15, 0.2) is 11.9 Å². The van der Waals surface area contributed by atoms with Crippen LogP contribution in [0.25, 0.3) is 22.6 Å². The Hall–Kier alpha value is -3.74. The molecule has 0 spiro atoms. The van der Waals surface area contributed by atoms with E-state index in [9.17, 15) is 0 Å². The molecule has 3 aromatic rings. The molecule has 6 N–H and O–H groups in total. The Morgan fingerprint density at radius 3 is 1.29 bits per heavy atom. The number of anilines is 2. The third kappa shape index (κ3) is 7.37. The minimum atomic E-state index is 0.244. The number of aliphatic imine (C=N–C) groups is 2. The van der Waals surface area contributed by atoms with E-state index >= 15 is 0 Å². The van der Waals surface area contributed by atoms with E-state index in [1.165, 1.54) is 0 Å². The average molecular weight is 475 g/mol. The molecular weight excluding hydrogens is 436 g/mol. The van der Waals surface area contributed by atoms with Crippen LogP contribution in [0.1, 0.15) is 53.4 Å². The van der Waals surface area contributed by atoms with Gasteiger partial charge in [0, 0.05) is 22.5 Å². The van der Waals surface area contributed by atoms with Gasteiger partial charge in [-0.25, -0.2) is 9.98 Å². The fraction of sp³-hybridized carbons (Fsp3) is 0.357. The zero-order chi connectivity index (χ0) is 25.2. The third-order valence-corrected chi connectivity index (χ3v) is 6.02. The molecular formula is C28H38N6O. The maximum Gasteiger partial charge on any atom is 0.193 e. The highest BCUT2D eigenvalue weighted by Gasteiger charge is 2.09. The summed E-state index contributed by atoms with van der Waals surface area (Å²) in [4.78, 5) is 9.03. The Bertz CT molecular complexity index is 1020. The Labute approximate surface area is 208 Å². The van der Waals surface area contributed by atoms with Crippen molar-refractivity contribution >= 4 is 23.3 Å². The monoisotopic (exact) mass is 474 g/mol. The fourth-order valence-corrected chi connectivity index (χ4v) is 3.78. The lowest BCUT2D eigenvalue weighted by Crippen LogP contribution is -2.24. The Balaban J connectivity index is 1.65. The number of nitrogens with one attached hydrogen (secondary N) is 2. The zero-order valence-electron chi connectivity index (χ0n) is 21.2. The molecule has 0 bridgehead atoms. The lowest BCUT2D eigenvalue weighted by atomic mass is 10.1. The highest BCUT2D eigenvalue weighted by molar-refractivity contribution is 5.93. The Morgan fingerprint density at radius 2 is 0.971 bits per heavy atom. The molecule has 0 unspecified atom stereocenters. The summed E-state index contributed by atoms with van der Waals surface area (Å²) in [5.74, 6) is 2.48. The first-order valence-electron chi connectivity index (χ1n) is 12.5. The predicted octanol–water partition coefficient (Wildman–Crippen LogP) is 6.44. The number of rotatable bonds is 10. The van der Waals surface area contributed by atoms with Gasteiger partial charge in [-0.2, -0.15) is 0 Å². The van der Waals surface area contributed by atoms with E-state index in [-0.39, 0.29) is 12.1 Å². The molecule has 3 rings (SSSR count). The zero-order valence-corrected chi connectivity index (χ0v) is 21.2. The quantitative estimate of drug-likeness (QED) is 0.199. The Morgan fingerprint density at radius 1 is 0.629 bits per heavy atom. The van der Waals surface area contributed by atoms with Crippen molar-refractivity contribution in [3.63, 3.8) is 0 Å². The first kappa shape index (κ1) is 25.9. The van der Waals surface area contributed by atoms with Crippen LogP contribution >= 0.6 is 0 Å². The molecule has 7 nitrogen and oxygen atoms in total. The summed E-state index contributed by atoms with van der Waals surface area (Å²) in [5, 5.41) is 6.32. The van der Waals surface area contributed by atoms with E-state index in [2.05, 4.69) is 48.3 Å². The van der Waals surface area contributed by atoms with Gasteiger partial charge in [-0.05, 0) is 86.3 Å². The van der Waals surface area contributed by atoms with Crippen molar-refractivity contribution in [1.29, 1.82) is 0 Å². The first-order valence-corrected chi connectivity index (χ1v) is 12.5. The second-order valence-corrected chi connectivity index (χ2v) is 8.54. The van der Waals surface area contributed by atoms with E-state index < -0.39 is 0 Å². The highest BCUT2D eigenvalue weighted by Crippen LogP contribution is 2.30. The van der Waals surface area contributed by atoms with Gasteiger partial charge in [0.05, 0.1) is 12.1 Å². The van der Waals surface area contributed by atoms with Crippen LogP contribution < -0.4 is 22.1 Å². The normalized spacial score (nSPS) is 12.4. The van der Waals surface area contributed by atoms with Crippen molar-refractivity contribution in [1.82, 2.24) is 0 Å². The summed E-state index contributed by atoms with van der Waals surface area (Å²) in [6.07, 6.45) is 3.88. The molecule has 0 aliphatic rings. The molecule has 0 saturated heterocycles. The predicted molar refractivity (Wildman–Crippen MR) is 149 cm³/mol. The molecule has 0 amide bonds. The first-order chi connectivity index (χ1) is 16.9. The molecule has 1 aromatic heterocycles. The lowest BCUT2D eigenvalue weighted by molar-refractivity contribution is 0.597. The van der Waals surface area contributed by atoms with Crippen LogP contribution in [0.5, 0.6) is 0 Å². The third-order valence-electron chi connectivity index (χ3n) is 6.02. The van der Waals surface area contributed by atoms with Crippen LogP contribution in [0.4, 0.5) is 11.4 Å². The van der Waals surface area contributed by atoms with Crippen LogP contribution in [-0.4, -0.2) is 24.0 Å². The number of hydrogen-bond acceptors (Lipinski definition) is 3. The van der Waals surface area contributed by atoms with Gasteiger partial charge >= 0.3 is 0 Å². The van der Waals surface area contributed by atoms with Crippen molar-refractivity contribution in [3.8, 4) is 22.6 Å². The number of hydrogen-bond donors (Lipinski definition) is 4. The number of nitrogens with zero attached hydrogens (tertiary/aromatic N) is 2. The van der Waals surface area contributed by atoms with Gasteiger partial charge < -0.3 is 26.5 Å². The molecule has 0 atom stereocenters. The molecule has 0 saturated carbocycles. The van der Waals surface area contributed by atoms with Crippen LogP contribution in [0.15, 0.2) is 75.1 Å². The average Bonchev–Trinajstić information content (AvgIpc) is 3.37. The van der Waals surface area contributed by atoms with Crippen molar-refractivity contribution in [2.24, 2.45) is 21.5 Å². The van der Waals surface area contributed by atoms with E-state index in [1.807, 2.05) is 60.7 Å². The van der Waals surface area contributed by atoms with Crippen LogP contribution in [0.3, 0.4) is 0 Å². The van der Waals surface area contributed by atoms with Gasteiger partial charge in [-0.3, -0.25) is 0 Å². The van der Waals surface area contributed by atoms with Crippen molar-refractivity contribution in [2.45, 2.75) is 65.5 Å². The molecule has 0 radical (unpaired) electrons. The highest BCUT2D eigenvalue weighted by atomic mass is 16.3. The number of nitrogens with two attached hydrogens (primary N) is 2. The minimum absolute atomic E-state index is 0.244. The smallest absolute Gasteiger partial charge is 0.193 e. The SMILES string of the molecule is CCC(CC)N=C(N)Nc1ccc(-c2ccc(-c3ccc(NC(N)=NC(CC)CC)cc3)o2)cc1. The maximum atomic E-state index is 6.12. The van der Waals surface area contributed by atoms with Crippen molar-refractivity contribution in [3.05, 3.63) is 60.7 Å². The molecule has 0 aliphatic heterocycles. The van der Waals surface area contributed by atoms with E-state index in [0.717, 1.165) is 59.7 Å². The largest absolute Gasteiger partial charge is 0.456 e. The summed E-state index contributed by atoms with van der Waals surface area (Å²) >= 11 is 0. The van der Waals surface area contributed by atoms with Crippen LogP contribution in [0.2, 0.25) is 0 Å². The van der Waals surface area contributed by atoms with Gasteiger partial charge in [0.1, 0.15) is 11.5 Å². The minimum Gasteiger partial charge on any atom is -0.456 e. The molecule has 1 heterocycles. The van der Waals surface area contributed by atoms with Crippen molar-refractivity contribution in [2.75, 3.05) is 10.6 Å². The molecule has 7 heteroatoms. The summed E-state index contributed by atoms with van der Waals surface area (Å²) in [6, 6.07) is 20.4. The van der Waals surface area contributed by atoms with E-state index in [1.54, 1.807) is 0 Å². The number of guanidine groups is 2. The number of furan rings is 1. The topological polar surface area (TPSA) is 114 Å². The van der Waals surface area contributed by atoms with Gasteiger partial charge in [-0.15, -0.1) is 0 Å². The van der Waals surface area contributed by atoms with Crippen molar-refractivity contribution < 1.29 is 4.42 Å². The lowest BCUT2D eigenvalue weighted by Gasteiger charge is -2.11. The van der Waals surface area contributed by atoms with Gasteiger partial charge in [0.2, 0.25) is 0 Å². The summed E-state index contributed by atoms with van der Waals surface area (Å²) in [6.45, 7) is 8.46. The standard InChI is InChI=1S/C28H38N6O/c1-5-21(6-2)31-27(29)33-23-13-9-19(10-14-23)25-17-18-26(35-25)20-11-15-24(16-12-20)34-28(30)32-22(7-3)8-4/h9-18,21-22H,5-8H2,1-4H3,(H3,29,31,33)(H3,30,32,34). The summed E-state index contributed by atoms with van der Waals surface area (Å²) in [5.41, 5.74) is 15.9. The molecule has 0 fully saturated rings. The van der Waals surface area contributed by atoms with Crippen LogP contribution in [-0.2, 0) is 0 Å². The summed E-state index contributed by atoms with van der Waals surface area (Å²) in [7, 11) is 0. The van der Waals surface area contributed by atoms with Gasteiger partial charge in [0.25, 0.3) is 0 Å². The Kier molecular flexibility index (Phi) is 9.35.